The second kappa shape index (κ2) is 7.46. The quantitative estimate of drug-likeness (QED) is 0.816. The number of carbonyl (C=O) groups excluding carboxylic acids is 1. The van der Waals surface area contributed by atoms with Crippen molar-refractivity contribution in [2.75, 3.05) is 19.5 Å². The average molecular weight is 339 g/mol. The van der Waals surface area contributed by atoms with Gasteiger partial charge in [0.05, 0.1) is 25.2 Å². The number of carbonyl (C=O) groups is 1. The molecule has 118 valence electrons. The van der Waals surface area contributed by atoms with Gasteiger partial charge in [0.2, 0.25) is 5.91 Å². The Labute approximate surface area is 137 Å². The van der Waals surface area contributed by atoms with Crippen LogP contribution >= 0.6 is 23.1 Å². The number of amides is 1. The van der Waals surface area contributed by atoms with Gasteiger partial charge in [0.25, 0.3) is 0 Å². The monoisotopic (exact) mass is 339 g/mol. The van der Waals surface area contributed by atoms with Crippen molar-refractivity contribution in [3.8, 4) is 11.5 Å². The third kappa shape index (κ3) is 4.11. The number of nitrogens with zero attached hydrogens (tertiary/aromatic N) is 2. The highest BCUT2D eigenvalue weighted by Crippen LogP contribution is 2.31. The molecule has 0 radical (unpaired) electrons. The average Bonchev–Trinajstić information content (AvgIpc) is 2.92. The molecule has 1 atom stereocenters. The lowest BCUT2D eigenvalue weighted by molar-refractivity contribution is -0.115. The predicted molar refractivity (Wildman–Crippen MR) is 88.1 cm³/mol. The van der Waals surface area contributed by atoms with Crippen molar-refractivity contribution >= 4 is 34.7 Å². The summed E-state index contributed by atoms with van der Waals surface area (Å²) in [5.41, 5.74) is 0.577. The van der Waals surface area contributed by atoms with Gasteiger partial charge in [-0.3, -0.25) is 4.79 Å². The molecule has 1 amide bonds. The lowest BCUT2D eigenvalue weighted by Gasteiger charge is -2.14. The van der Waals surface area contributed by atoms with Crippen LogP contribution in [0.3, 0.4) is 0 Å². The highest BCUT2D eigenvalue weighted by Gasteiger charge is 2.18. The van der Waals surface area contributed by atoms with E-state index in [1.807, 2.05) is 13.8 Å². The number of nitrogens with one attached hydrogen (secondary N) is 1. The molecule has 1 N–H and O–H groups in total. The Morgan fingerprint density at radius 2 is 2.09 bits per heavy atom. The van der Waals surface area contributed by atoms with Crippen LogP contribution in [-0.4, -0.2) is 35.6 Å². The van der Waals surface area contributed by atoms with Crippen LogP contribution < -0.4 is 14.8 Å². The number of hydrogen-bond donors (Lipinski definition) is 1. The minimum atomic E-state index is -0.303. The number of anilines is 1. The van der Waals surface area contributed by atoms with Crippen LogP contribution in [-0.2, 0) is 4.79 Å². The standard InChI is InChI=1S/C14H17N3O3S2/c1-8(21-14-17-16-9(2)22-14)13(18)15-11-7-10(19-3)5-6-12(11)20-4/h5-8H,1-4H3,(H,15,18)/t8-/m0/s1. The number of rotatable bonds is 6. The lowest BCUT2D eigenvalue weighted by Crippen LogP contribution is -2.22. The molecule has 0 aliphatic heterocycles. The maximum atomic E-state index is 12.3. The first kappa shape index (κ1) is 16.6. The van der Waals surface area contributed by atoms with Crippen LogP contribution in [0.25, 0.3) is 0 Å². The fourth-order valence-corrected chi connectivity index (χ4v) is 3.64. The molecular weight excluding hydrogens is 322 g/mol. The zero-order valence-corrected chi connectivity index (χ0v) is 14.4. The van der Waals surface area contributed by atoms with E-state index in [9.17, 15) is 4.79 Å². The van der Waals surface area contributed by atoms with Gasteiger partial charge >= 0.3 is 0 Å². The maximum Gasteiger partial charge on any atom is 0.237 e. The van der Waals surface area contributed by atoms with Crippen LogP contribution in [0.5, 0.6) is 11.5 Å². The molecule has 0 unspecified atom stereocenters. The highest BCUT2D eigenvalue weighted by molar-refractivity contribution is 8.02. The Morgan fingerprint density at radius 3 is 2.68 bits per heavy atom. The number of benzene rings is 1. The fraction of sp³-hybridized carbons (Fsp3) is 0.357. The van der Waals surface area contributed by atoms with Crippen molar-refractivity contribution in [2.45, 2.75) is 23.4 Å². The number of hydrogen-bond acceptors (Lipinski definition) is 7. The summed E-state index contributed by atoms with van der Waals surface area (Å²) in [6.07, 6.45) is 0. The third-order valence-electron chi connectivity index (χ3n) is 2.82. The lowest BCUT2D eigenvalue weighted by atomic mass is 10.2. The van der Waals surface area contributed by atoms with Crippen molar-refractivity contribution in [3.63, 3.8) is 0 Å². The Hall–Kier alpha value is -1.80. The zero-order valence-electron chi connectivity index (χ0n) is 12.7. The highest BCUT2D eigenvalue weighted by atomic mass is 32.2. The Kier molecular flexibility index (Phi) is 5.62. The minimum absolute atomic E-state index is 0.135. The van der Waals surface area contributed by atoms with Crippen LogP contribution in [0, 0.1) is 6.92 Å². The molecule has 0 saturated heterocycles. The van der Waals surface area contributed by atoms with E-state index in [-0.39, 0.29) is 11.2 Å². The van der Waals surface area contributed by atoms with Crippen LogP contribution in [0.1, 0.15) is 11.9 Å². The first-order valence-electron chi connectivity index (χ1n) is 6.53. The first-order valence-corrected chi connectivity index (χ1v) is 8.22. The summed E-state index contributed by atoms with van der Waals surface area (Å²) in [4.78, 5) is 12.3. The zero-order chi connectivity index (χ0) is 16.1. The van der Waals surface area contributed by atoms with Crippen molar-refractivity contribution < 1.29 is 14.3 Å². The van der Waals surface area contributed by atoms with Gasteiger partial charge < -0.3 is 14.8 Å². The number of methoxy groups -OCH3 is 2. The van der Waals surface area contributed by atoms with Gasteiger partial charge in [-0.25, -0.2) is 0 Å². The molecule has 0 aliphatic carbocycles. The molecule has 6 nitrogen and oxygen atoms in total. The van der Waals surface area contributed by atoms with Crippen molar-refractivity contribution in [2.24, 2.45) is 0 Å². The number of ether oxygens (including phenoxy) is 2. The van der Waals surface area contributed by atoms with Gasteiger partial charge in [0.15, 0.2) is 4.34 Å². The Bertz CT molecular complexity index is 661. The first-order chi connectivity index (χ1) is 10.5. The summed E-state index contributed by atoms with van der Waals surface area (Å²) in [5.74, 6) is 1.10. The smallest absolute Gasteiger partial charge is 0.237 e. The molecular formula is C14H17N3O3S2. The summed E-state index contributed by atoms with van der Waals surface area (Å²) in [6, 6.07) is 5.25. The van der Waals surface area contributed by atoms with Gasteiger partial charge in [0, 0.05) is 6.07 Å². The molecule has 8 heteroatoms. The molecule has 1 aromatic heterocycles. The predicted octanol–water partition coefficient (Wildman–Crippen LogP) is 2.98. The second-order valence-electron chi connectivity index (χ2n) is 4.40. The second-order valence-corrected chi connectivity index (χ2v) is 7.17. The maximum absolute atomic E-state index is 12.3. The summed E-state index contributed by atoms with van der Waals surface area (Å²) in [6.45, 7) is 3.71. The van der Waals surface area contributed by atoms with E-state index in [4.69, 9.17) is 9.47 Å². The molecule has 1 aromatic carbocycles. The number of thioether (sulfide) groups is 1. The topological polar surface area (TPSA) is 73.3 Å². The molecule has 2 rings (SSSR count). The Morgan fingerprint density at radius 1 is 1.32 bits per heavy atom. The molecule has 1 heterocycles. The van der Waals surface area contributed by atoms with Crippen LogP contribution in [0.2, 0.25) is 0 Å². The van der Waals surface area contributed by atoms with Gasteiger partial charge in [-0.1, -0.05) is 23.1 Å². The van der Waals surface area contributed by atoms with Gasteiger partial charge in [-0.2, -0.15) is 0 Å². The van der Waals surface area contributed by atoms with Crippen LogP contribution in [0.15, 0.2) is 22.5 Å². The fourth-order valence-electron chi connectivity index (χ4n) is 1.68. The summed E-state index contributed by atoms with van der Waals surface area (Å²) in [7, 11) is 3.13. The molecule has 22 heavy (non-hydrogen) atoms. The van der Waals surface area contributed by atoms with Crippen molar-refractivity contribution in [3.05, 3.63) is 23.2 Å². The summed E-state index contributed by atoms with van der Waals surface area (Å²) < 4.78 is 11.2. The molecule has 0 bridgehead atoms. The molecule has 0 fully saturated rings. The van der Waals surface area contributed by atoms with Gasteiger partial charge in [-0.15, -0.1) is 10.2 Å². The van der Waals surface area contributed by atoms with E-state index >= 15 is 0 Å². The summed E-state index contributed by atoms with van der Waals surface area (Å²) >= 11 is 2.85. The van der Waals surface area contributed by atoms with Crippen molar-refractivity contribution in [1.82, 2.24) is 10.2 Å². The van der Waals surface area contributed by atoms with Crippen LogP contribution in [0.4, 0.5) is 5.69 Å². The SMILES string of the molecule is COc1ccc(OC)c(NC(=O)[C@H](C)Sc2nnc(C)s2)c1. The molecule has 0 aliphatic rings. The van der Waals surface area contributed by atoms with Gasteiger partial charge in [0.1, 0.15) is 16.5 Å². The largest absolute Gasteiger partial charge is 0.497 e. The number of aryl methyl sites for hydroxylation is 1. The normalized spacial score (nSPS) is 11.8. The number of aromatic nitrogens is 2. The van der Waals surface area contributed by atoms with Gasteiger partial charge in [-0.05, 0) is 26.0 Å². The van der Waals surface area contributed by atoms with E-state index < -0.39 is 0 Å². The molecule has 2 aromatic rings. The molecule has 0 spiro atoms. The van der Waals surface area contributed by atoms with E-state index in [1.54, 1.807) is 32.4 Å². The van der Waals surface area contributed by atoms with E-state index in [1.165, 1.54) is 23.1 Å². The van der Waals surface area contributed by atoms with Crippen molar-refractivity contribution in [1.29, 1.82) is 0 Å². The minimum Gasteiger partial charge on any atom is -0.497 e. The van der Waals surface area contributed by atoms with E-state index in [0.717, 1.165) is 9.35 Å². The van der Waals surface area contributed by atoms with E-state index in [0.29, 0.717) is 17.2 Å². The van der Waals surface area contributed by atoms with E-state index in [2.05, 4.69) is 15.5 Å². The summed E-state index contributed by atoms with van der Waals surface area (Å²) in [5, 5.41) is 11.4. The molecule has 0 saturated carbocycles. The third-order valence-corrected chi connectivity index (χ3v) is 4.84. The Balaban J connectivity index is 2.07.